The largest absolute Gasteiger partial charge is 0.479 e. The van der Waals surface area contributed by atoms with E-state index < -0.39 is 29.4 Å². The van der Waals surface area contributed by atoms with Gasteiger partial charge in [0.15, 0.2) is 6.61 Å². The van der Waals surface area contributed by atoms with Crippen molar-refractivity contribution in [3.05, 3.63) is 0 Å². The summed E-state index contributed by atoms with van der Waals surface area (Å²) in [5.41, 5.74) is 1.89. The van der Waals surface area contributed by atoms with Crippen LogP contribution in [0.4, 0.5) is 4.79 Å². The zero-order valence-corrected chi connectivity index (χ0v) is 9.30. The van der Waals surface area contributed by atoms with Gasteiger partial charge in [-0.05, 0) is 6.92 Å². The van der Waals surface area contributed by atoms with Gasteiger partial charge in [-0.15, -0.1) is 0 Å². The van der Waals surface area contributed by atoms with Crippen molar-refractivity contribution >= 4 is 22.8 Å². The van der Waals surface area contributed by atoms with Crippen LogP contribution in [0.25, 0.3) is 0 Å². The molecule has 0 aromatic rings. The molecule has 0 saturated carbocycles. The van der Waals surface area contributed by atoms with Crippen molar-refractivity contribution in [1.82, 2.24) is 10.8 Å². The third kappa shape index (κ3) is 9.16. The predicted octanol–water partition coefficient (Wildman–Crippen LogP) is -0.931. The summed E-state index contributed by atoms with van der Waals surface area (Å²) in [4.78, 5) is 25.3. The second kappa shape index (κ2) is 7.18. The Morgan fingerprint density at radius 2 is 2.13 bits per heavy atom. The molecule has 2 atom stereocenters. The second-order valence-electron chi connectivity index (χ2n) is 2.90. The quantitative estimate of drug-likeness (QED) is 0.518. The molecule has 0 aromatic carbocycles. The molecular formula is C7H14N2O5S. The third-order valence-corrected chi connectivity index (χ3v) is 2.19. The van der Waals surface area contributed by atoms with E-state index in [0.29, 0.717) is 5.75 Å². The van der Waals surface area contributed by atoms with Crippen LogP contribution in [0.1, 0.15) is 6.92 Å². The molecule has 0 spiro atoms. The Bertz CT molecular complexity index is 258. The van der Waals surface area contributed by atoms with E-state index in [2.05, 4.69) is 10.2 Å². The van der Waals surface area contributed by atoms with E-state index in [4.69, 9.17) is 5.11 Å². The summed E-state index contributed by atoms with van der Waals surface area (Å²) in [7, 11) is -1.00. The van der Waals surface area contributed by atoms with Crippen molar-refractivity contribution < 1.29 is 23.7 Å². The molecule has 0 heterocycles. The Kier molecular flexibility index (Phi) is 6.63. The molecule has 0 bridgehead atoms. The Morgan fingerprint density at radius 3 is 2.60 bits per heavy atom. The van der Waals surface area contributed by atoms with Crippen LogP contribution in [0.5, 0.6) is 0 Å². The molecular weight excluding hydrogens is 224 g/mol. The molecule has 8 heteroatoms. The number of carbonyl (C=O) groups is 2. The van der Waals surface area contributed by atoms with Gasteiger partial charge >= 0.3 is 12.0 Å². The molecule has 2 unspecified atom stereocenters. The molecule has 0 rings (SSSR count). The van der Waals surface area contributed by atoms with E-state index in [1.165, 1.54) is 6.26 Å². The highest BCUT2D eigenvalue weighted by atomic mass is 32.2. The molecule has 0 saturated heterocycles. The average molecular weight is 238 g/mol. The van der Waals surface area contributed by atoms with Crippen molar-refractivity contribution in [3.8, 4) is 0 Å². The summed E-state index contributed by atoms with van der Waals surface area (Å²) < 4.78 is 10.8. The fourth-order valence-corrected chi connectivity index (χ4v) is 1.60. The fraction of sp³-hybridized carbons (Fsp3) is 0.714. The van der Waals surface area contributed by atoms with Crippen LogP contribution in [0.15, 0.2) is 0 Å². The lowest BCUT2D eigenvalue weighted by molar-refractivity contribution is -0.144. The van der Waals surface area contributed by atoms with Gasteiger partial charge in [0, 0.05) is 28.9 Å². The number of hydroxylamine groups is 1. The number of carboxylic acid groups (broad SMARTS) is 1. The maximum Gasteiger partial charge on any atom is 0.338 e. The molecule has 7 nitrogen and oxygen atoms in total. The van der Waals surface area contributed by atoms with Gasteiger partial charge in [0.2, 0.25) is 0 Å². The van der Waals surface area contributed by atoms with Crippen LogP contribution < -0.4 is 10.8 Å². The lowest BCUT2D eigenvalue weighted by Gasteiger charge is -2.12. The van der Waals surface area contributed by atoms with E-state index in [1.807, 2.05) is 5.48 Å². The van der Waals surface area contributed by atoms with Crippen molar-refractivity contribution in [3.63, 3.8) is 0 Å². The van der Waals surface area contributed by atoms with Crippen LogP contribution in [-0.2, 0) is 20.4 Å². The summed E-state index contributed by atoms with van der Waals surface area (Å²) in [6.45, 7) is 1.07. The molecule has 0 aliphatic heterocycles. The standard InChI is InChI=1S/C7H14N2O5S/c1-5(4-15(2)13)8-7(12)9-14-3-6(10)11/h5H,3-4H2,1-2H3,(H,10,11)(H2,8,9,12). The SMILES string of the molecule is CC(CS(C)=O)NC(=O)NOCC(=O)O. The molecule has 2 amide bonds. The molecule has 0 fully saturated rings. The summed E-state index contributed by atoms with van der Waals surface area (Å²) in [5, 5.41) is 10.6. The first kappa shape index (κ1) is 13.8. The minimum absolute atomic E-state index is 0.274. The summed E-state index contributed by atoms with van der Waals surface area (Å²) >= 11 is 0. The van der Waals surface area contributed by atoms with E-state index in [9.17, 15) is 13.8 Å². The van der Waals surface area contributed by atoms with Gasteiger partial charge in [0.1, 0.15) is 0 Å². The molecule has 0 radical (unpaired) electrons. The number of rotatable bonds is 6. The maximum absolute atomic E-state index is 11.0. The van der Waals surface area contributed by atoms with Crippen LogP contribution >= 0.6 is 0 Å². The maximum atomic E-state index is 11.0. The third-order valence-electron chi connectivity index (χ3n) is 1.22. The van der Waals surface area contributed by atoms with E-state index >= 15 is 0 Å². The molecule has 0 aliphatic rings. The van der Waals surface area contributed by atoms with Crippen molar-refractivity contribution in [1.29, 1.82) is 0 Å². The van der Waals surface area contributed by atoms with Gasteiger partial charge in [0.05, 0.1) is 0 Å². The minimum Gasteiger partial charge on any atom is -0.479 e. The topological polar surface area (TPSA) is 105 Å². The summed E-state index contributed by atoms with van der Waals surface area (Å²) in [6, 6.07) is -0.932. The van der Waals surface area contributed by atoms with Gasteiger partial charge < -0.3 is 10.4 Å². The molecule has 0 aromatic heterocycles. The number of carbonyl (C=O) groups excluding carboxylic acids is 1. The molecule has 0 aliphatic carbocycles. The minimum atomic E-state index is -1.18. The first-order valence-electron chi connectivity index (χ1n) is 4.12. The van der Waals surface area contributed by atoms with Gasteiger partial charge in [0.25, 0.3) is 0 Å². The smallest absolute Gasteiger partial charge is 0.338 e. The normalized spacial score (nSPS) is 14.0. The Balaban J connectivity index is 3.64. The highest BCUT2D eigenvalue weighted by Gasteiger charge is 2.08. The monoisotopic (exact) mass is 238 g/mol. The Morgan fingerprint density at radius 1 is 1.53 bits per heavy atom. The highest BCUT2D eigenvalue weighted by molar-refractivity contribution is 7.84. The lowest BCUT2D eigenvalue weighted by Crippen LogP contribution is -2.43. The predicted molar refractivity (Wildman–Crippen MR) is 53.7 cm³/mol. The Labute approximate surface area is 89.6 Å². The van der Waals surface area contributed by atoms with Crippen LogP contribution in [0.3, 0.4) is 0 Å². The number of carboxylic acids is 1. The zero-order valence-electron chi connectivity index (χ0n) is 8.48. The van der Waals surface area contributed by atoms with Crippen molar-refractivity contribution in [2.45, 2.75) is 13.0 Å². The summed E-state index contributed by atoms with van der Waals surface area (Å²) in [6.07, 6.45) is 1.52. The van der Waals surface area contributed by atoms with E-state index in [1.54, 1.807) is 6.92 Å². The molecule has 3 N–H and O–H groups in total. The van der Waals surface area contributed by atoms with Gasteiger partial charge in [-0.25, -0.2) is 15.1 Å². The summed E-state index contributed by atoms with van der Waals surface area (Å²) in [5.74, 6) is -0.857. The van der Waals surface area contributed by atoms with Gasteiger partial charge in [-0.3, -0.25) is 9.05 Å². The Hall–Kier alpha value is -1.15. The zero-order chi connectivity index (χ0) is 11.8. The van der Waals surface area contributed by atoms with Crippen LogP contribution in [-0.4, -0.2) is 46.0 Å². The van der Waals surface area contributed by atoms with Crippen molar-refractivity contribution in [2.75, 3.05) is 18.6 Å². The van der Waals surface area contributed by atoms with Crippen LogP contribution in [0, 0.1) is 0 Å². The van der Waals surface area contributed by atoms with E-state index in [-0.39, 0.29) is 6.04 Å². The number of nitrogens with one attached hydrogen (secondary N) is 2. The second-order valence-corrected chi connectivity index (χ2v) is 4.38. The van der Waals surface area contributed by atoms with Gasteiger partial charge in [-0.2, -0.15) is 0 Å². The highest BCUT2D eigenvalue weighted by Crippen LogP contribution is 1.85. The first-order valence-corrected chi connectivity index (χ1v) is 5.84. The fourth-order valence-electron chi connectivity index (χ4n) is 0.810. The molecule has 15 heavy (non-hydrogen) atoms. The number of hydrogen-bond donors (Lipinski definition) is 3. The molecule has 88 valence electrons. The number of urea groups is 1. The average Bonchev–Trinajstić information content (AvgIpc) is 2.00. The number of amides is 2. The van der Waals surface area contributed by atoms with Crippen molar-refractivity contribution in [2.24, 2.45) is 0 Å². The van der Waals surface area contributed by atoms with Crippen LogP contribution in [0.2, 0.25) is 0 Å². The number of aliphatic carboxylic acids is 1. The first-order chi connectivity index (χ1) is 6.91. The lowest BCUT2D eigenvalue weighted by atomic mass is 10.4. The number of hydrogen-bond acceptors (Lipinski definition) is 4. The van der Waals surface area contributed by atoms with Gasteiger partial charge in [-0.1, -0.05) is 0 Å². The van der Waals surface area contributed by atoms with E-state index in [0.717, 1.165) is 0 Å².